The molecule has 160 valence electrons. The molecule has 0 saturated carbocycles. The van der Waals surface area contributed by atoms with E-state index < -0.39 is 0 Å². The number of anilines is 1. The van der Waals surface area contributed by atoms with Crippen LogP contribution in [0.25, 0.3) is 0 Å². The number of rotatable bonds is 12. The molecule has 3 N–H and O–H groups in total. The molecule has 1 aromatic carbocycles. The van der Waals surface area contributed by atoms with E-state index >= 15 is 0 Å². The fourth-order valence-electron chi connectivity index (χ4n) is 2.19. The summed E-state index contributed by atoms with van der Waals surface area (Å²) in [5, 5.41) is 9.85. The molecule has 0 radical (unpaired) electrons. The normalized spacial score (nSPS) is 10.9. The number of methoxy groups -OCH3 is 1. The van der Waals surface area contributed by atoms with Crippen molar-refractivity contribution in [3.63, 3.8) is 0 Å². The first-order valence-corrected chi connectivity index (χ1v) is 9.60. The van der Waals surface area contributed by atoms with Crippen LogP contribution in [0.4, 0.5) is 5.69 Å². The Morgan fingerprint density at radius 2 is 2.00 bits per heavy atom. The van der Waals surface area contributed by atoms with Crippen LogP contribution < -0.4 is 16.0 Å². The van der Waals surface area contributed by atoms with Gasteiger partial charge in [0.25, 0.3) is 0 Å². The second-order valence-corrected chi connectivity index (χ2v) is 6.26. The van der Waals surface area contributed by atoms with E-state index in [1.54, 1.807) is 13.2 Å². The third-order valence-electron chi connectivity index (χ3n) is 3.68. The van der Waals surface area contributed by atoms with E-state index in [1.165, 1.54) is 0 Å². The molecule has 0 aliphatic heterocycles. The van der Waals surface area contributed by atoms with Crippen molar-refractivity contribution in [1.82, 2.24) is 10.6 Å². The van der Waals surface area contributed by atoms with E-state index in [0.717, 1.165) is 24.2 Å². The molecule has 7 nitrogen and oxygen atoms in total. The summed E-state index contributed by atoms with van der Waals surface area (Å²) in [5.41, 5.74) is 1.60. The third-order valence-corrected chi connectivity index (χ3v) is 4.09. The van der Waals surface area contributed by atoms with Crippen molar-refractivity contribution in [2.75, 3.05) is 51.9 Å². The Morgan fingerprint density at radius 3 is 2.71 bits per heavy atom. The van der Waals surface area contributed by atoms with Crippen molar-refractivity contribution in [2.45, 2.75) is 26.7 Å². The number of carbonyl (C=O) groups is 1. The molecule has 0 aliphatic carbocycles. The van der Waals surface area contributed by atoms with Crippen molar-refractivity contribution in [1.29, 1.82) is 0 Å². The number of ether oxygens (including phenoxy) is 2. The van der Waals surface area contributed by atoms with Gasteiger partial charge in [-0.25, -0.2) is 0 Å². The summed E-state index contributed by atoms with van der Waals surface area (Å²) >= 11 is 6.07. The Kier molecular flexibility index (Phi) is 16.2. The minimum atomic E-state index is -0.0738. The van der Waals surface area contributed by atoms with Crippen molar-refractivity contribution < 1.29 is 14.3 Å². The predicted octanol–water partition coefficient (Wildman–Crippen LogP) is 3.20. The first kappa shape index (κ1) is 26.9. The number of benzene rings is 1. The second kappa shape index (κ2) is 16.8. The highest BCUT2D eigenvalue weighted by molar-refractivity contribution is 14.0. The van der Waals surface area contributed by atoms with Crippen LogP contribution in [0.15, 0.2) is 23.2 Å². The van der Waals surface area contributed by atoms with Crippen LogP contribution in [-0.2, 0) is 14.3 Å². The van der Waals surface area contributed by atoms with Crippen LogP contribution >= 0.6 is 35.6 Å². The van der Waals surface area contributed by atoms with Crippen LogP contribution in [0.5, 0.6) is 0 Å². The number of hydrogen-bond donors (Lipinski definition) is 3. The van der Waals surface area contributed by atoms with Gasteiger partial charge in [0.2, 0.25) is 5.91 Å². The summed E-state index contributed by atoms with van der Waals surface area (Å²) in [6, 6.07) is 5.46. The van der Waals surface area contributed by atoms with E-state index in [1.807, 2.05) is 26.0 Å². The van der Waals surface area contributed by atoms with Crippen molar-refractivity contribution in [3.05, 3.63) is 28.8 Å². The minimum Gasteiger partial charge on any atom is -0.382 e. The van der Waals surface area contributed by atoms with E-state index in [9.17, 15) is 4.79 Å². The van der Waals surface area contributed by atoms with Gasteiger partial charge in [-0.3, -0.25) is 9.79 Å². The molecule has 0 aromatic heterocycles. The molecule has 28 heavy (non-hydrogen) atoms. The highest BCUT2D eigenvalue weighted by Crippen LogP contribution is 2.22. The summed E-state index contributed by atoms with van der Waals surface area (Å²) in [6.45, 7) is 7.62. The van der Waals surface area contributed by atoms with Gasteiger partial charge >= 0.3 is 0 Å². The largest absolute Gasteiger partial charge is 0.382 e. The lowest BCUT2D eigenvalue weighted by Crippen LogP contribution is -2.38. The molecule has 0 heterocycles. The van der Waals surface area contributed by atoms with E-state index in [0.29, 0.717) is 50.3 Å². The first-order valence-electron chi connectivity index (χ1n) is 9.22. The van der Waals surface area contributed by atoms with Gasteiger partial charge in [0.15, 0.2) is 5.96 Å². The number of nitrogens with zero attached hydrogens (tertiary/aromatic N) is 1. The highest BCUT2D eigenvalue weighted by atomic mass is 127. The summed E-state index contributed by atoms with van der Waals surface area (Å²) in [6.07, 6.45) is 1.16. The smallest absolute Gasteiger partial charge is 0.226 e. The Bertz CT molecular complexity index is 603. The quantitative estimate of drug-likeness (QED) is 0.169. The fourth-order valence-corrected chi connectivity index (χ4v) is 2.37. The van der Waals surface area contributed by atoms with Gasteiger partial charge in [0.05, 0.1) is 13.2 Å². The molecule has 1 rings (SSSR count). The molecule has 0 saturated heterocycles. The summed E-state index contributed by atoms with van der Waals surface area (Å²) in [4.78, 5) is 16.6. The van der Waals surface area contributed by atoms with Crippen molar-refractivity contribution in [2.24, 2.45) is 4.99 Å². The lowest BCUT2D eigenvalue weighted by atomic mass is 10.2. The van der Waals surface area contributed by atoms with E-state index in [-0.39, 0.29) is 29.9 Å². The average Bonchev–Trinajstić information content (AvgIpc) is 2.64. The van der Waals surface area contributed by atoms with Gasteiger partial charge < -0.3 is 25.4 Å². The Morgan fingerprint density at radius 1 is 1.21 bits per heavy atom. The summed E-state index contributed by atoms with van der Waals surface area (Å²) < 4.78 is 10.3. The fraction of sp³-hybridized carbons (Fsp3) is 0.579. The van der Waals surface area contributed by atoms with Gasteiger partial charge in [-0.1, -0.05) is 17.7 Å². The molecular formula is C19H32ClIN4O3. The van der Waals surface area contributed by atoms with Gasteiger partial charge in [0, 0.05) is 50.5 Å². The Labute approximate surface area is 190 Å². The molecule has 0 unspecified atom stereocenters. The highest BCUT2D eigenvalue weighted by Gasteiger charge is 2.07. The molecule has 0 spiro atoms. The zero-order valence-electron chi connectivity index (χ0n) is 16.8. The predicted molar refractivity (Wildman–Crippen MR) is 126 cm³/mol. The standard InChI is InChI=1S/C19H31ClN4O3.HI/c1-4-21-19(22-10-6-12-27-14-13-26-3)23-11-9-18(25)24-17-8-5-7-16(20)15(17)2;/h5,7-8H,4,6,9-14H2,1-3H3,(H,24,25)(H2,21,22,23);1H. The maximum absolute atomic E-state index is 12.1. The Hall–Kier alpha value is -1.10. The van der Waals surface area contributed by atoms with E-state index in [4.69, 9.17) is 21.1 Å². The molecule has 0 bridgehead atoms. The Balaban J connectivity index is 0.00000729. The maximum Gasteiger partial charge on any atom is 0.226 e. The molecule has 1 aromatic rings. The molecule has 0 fully saturated rings. The maximum atomic E-state index is 12.1. The topological polar surface area (TPSA) is 84.0 Å². The second-order valence-electron chi connectivity index (χ2n) is 5.86. The summed E-state index contributed by atoms with van der Waals surface area (Å²) in [7, 11) is 1.65. The lowest BCUT2D eigenvalue weighted by molar-refractivity contribution is -0.116. The van der Waals surface area contributed by atoms with Gasteiger partial charge in [-0.2, -0.15) is 0 Å². The van der Waals surface area contributed by atoms with E-state index in [2.05, 4.69) is 20.9 Å². The SMILES string of the molecule is CCNC(=NCCCOCCOC)NCCC(=O)Nc1cccc(Cl)c1C.I. The molecule has 9 heteroatoms. The first-order chi connectivity index (χ1) is 13.1. The number of guanidine groups is 1. The van der Waals surface area contributed by atoms with Crippen LogP contribution in [0.2, 0.25) is 5.02 Å². The zero-order valence-corrected chi connectivity index (χ0v) is 19.9. The molecule has 0 atom stereocenters. The van der Waals surface area contributed by atoms with Gasteiger partial charge in [-0.05, 0) is 38.0 Å². The molecular weight excluding hydrogens is 495 g/mol. The van der Waals surface area contributed by atoms with Crippen molar-refractivity contribution in [3.8, 4) is 0 Å². The lowest BCUT2D eigenvalue weighted by Gasteiger charge is -2.12. The third kappa shape index (κ3) is 11.7. The van der Waals surface area contributed by atoms with Gasteiger partial charge in [-0.15, -0.1) is 24.0 Å². The number of carbonyl (C=O) groups excluding carboxylic acids is 1. The summed E-state index contributed by atoms with van der Waals surface area (Å²) in [5.74, 6) is 0.622. The number of halogens is 2. The van der Waals surface area contributed by atoms with Crippen LogP contribution in [-0.4, -0.2) is 58.4 Å². The van der Waals surface area contributed by atoms with Gasteiger partial charge in [0.1, 0.15) is 0 Å². The van der Waals surface area contributed by atoms with Crippen LogP contribution in [0.3, 0.4) is 0 Å². The number of nitrogens with one attached hydrogen (secondary N) is 3. The zero-order chi connectivity index (χ0) is 19.9. The van der Waals surface area contributed by atoms with Crippen LogP contribution in [0.1, 0.15) is 25.3 Å². The average molecular weight is 527 g/mol. The number of aliphatic imine (C=N–C) groups is 1. The minimum absolute atomic E-state index is 0. The number of amides is 1. The van der Waals surface area contributed by atoms with Crippen LogP contribution in [0, 0.1) is 6.92 Å². The monoisotopic (exact) mass is 526 g/mol. The number of hydrogen-bond acceptors (Lipinski definition) is 4. The molecule has 0 aliphatic rings. The van der Waals surface area contributed by atoms with Crippen molar-refractivity contribution >= 4 is 53.1 Å². The molecule has 1 amide bonds.